The average molecular weight is 274 g/mol. The van der Waals surface area contributed by atoms with Crippen LogP contribution < -0.4 is 4.74 Å². The highest BCUT2D eigenvalue weighted by atomic mass is 19.1. The number of ether oxygens (including phenoxy) is 1. The zero-order valence-electron chi connectivity index (χ0n) is 11.6. The van der Waals surface area contributed by atoms with Crippen molar-refractivity contribution in [1.82, 2.24) is 0 Å². The standard InChI is InChI=1S/C17H19FO2/c1-20-17-12-14(10-11-15(17)18)16(19)9-5-8-13-6-3-2-4-7-13/h2-4,6-7,10-12,16,19H,5,8-9H2,1H3. The van der Waals surface area contributed by atoms with Gasteiger partial charge in [-0.15, -0.1) is 0 Å². The molecule has 0 radical (unpaired) electrons. The fourth-order valence-corrected chi connectivity index (χ4v) is 2.19. The number of hydrogen-bond acceptors (Lipinski definition) is 2. The Kier molecular flexibility index (Phi) is 5.13. The molecule has 0 aliphatic rings. The van der Waals surface area contributed by atoms with E-state index < -0.39 is 11.9 Å². The van der Waals surface area contributed by atoms with E-state index in [1.165, 1.54) is 18.7 Å². The molecule has 0 heterocycles. The summed E-state index contributed by atoms with van der Waals surface area (Å²) in [7, 11) is 1.42. The van der Waals surface area contributed by atoms with Gasteiger partial charge in [-0.3, -0.25) is 0 Å². The Bertz CT molecular complexity index is 540. The Balaban J connectivity index is 1.90. The molecule has 2 rings (SSSR count). The van der Waals surface area contributed by atoms with Gasteiger partial charge in [0.05, 0.1) is 13.2 Å². The number of aliphatic hydroxyl groups is 1. The molecule has 1 N–H and O–H groups in total. The van der Waals surface area contributed by atoms with Crippen LogP contribution in [0.4, 0.5) is 4.39 Å². The molecule has 0 spiro atoms. The Morgan fingerprint density at radius 2 is 1.90 bits per heavy atom. The summed E-state index contributed by atoms with van der Waals surface area (Å²) < 4.78 is 18.2. The minimum Gasteiger partial charge on any atom is -0.494 e. The third-order valence-corrected chi connectivity index (χ3v) is 3.35. The maximum Gasteiger partial charge on any atom is 0.165 e. The highest BCUT2D eigenvalue weighted by molar-refractivity contribution is 5.31. The number of methoxy groups -OCH3 is 1. The van der Waals surface area contributed by atoms with Gasteiger partial charge in [-0.25, -0.2) is 4.39 Å². The number of benzene rings is 2. The van der Waals surface area contributed by atoms with Crippen LogP contribution in [0.5, 0.6) is 5.75 Å². The lowest BCUT2D eigenvalue weighted by Crippen LogP contribution is -2.00. The maximum atomic E-state index is 13.3. The Labute approximate surface area is 118 Å². The smallest absolute Gasteiger partial charge is 0.165 e. The number of rotatable bonds is 6. The Morgan fingerprint density at radius 1 is 1.15 bits per heavy atom. The first-order valence-corrected chi connectivity index (χ1v) is 6.76. The van der Waals surface area contributed by atoms with Crippen LogP contribution in [0.3, 0.4) is 0 Å². The van der Waals surface area contributed by atoms with Crippen molar-refractivity contribution in [2.24, 2.45) is 0 Å². The normalized spacial score (nSPS) is 12.2. The van der Waals surface area contributed by atoms with Gasteiger partial charge in [0.15, 0.2) is 11.6 Å². The lowest BCUT2D eigenvalue weighted by atomic mass is 10.0. The van der Waals surface area contributed by atoms with Gasteiger partial charge in [0, 0.05) is 0 Å². The van der Waals surface area contributed by atoms with Crippen LogP contribution in [-0.4, -0.2) is 12.2 Å². The molecule has 1 atom stereocenters. The minimum atomic E-state index is -0.590. The van der Waals surface area contributed by atoms with Gasteiger partial charge < -0.3 is 9.84 Å². The van der Waals surface area contributed by atoms with Crippen LogP contribution in [0.2, 0.25) is 0 Å². The molecule has 0 fully saturated rings. The fraction of sp³-hybridized carbons (Fsp3) is 0.294. The van der Waals surface area contributed by atoms with E-state index in [0.29, 0.717) is 12.0 Å². The molecule has 3 heteroatoms. The van der Waals surface area contributed by atoms with Crippen molar-refractivity contribution in [3.05, 3.63) is 65.5 Å². The largest absolute Gasteiger partial charge is 0.494 e. The number of aryl methyl sites for hydroxylation is 1. The molecular weight excluding hydrogens is 255 g/mol. The summed E-state index contributed by atoms with van der Waals surface area (Å²) >= 11 is 0. The van der Waals surface area contributed by atoms with E-state index in [4.69, 9.17) is 4.74 Å². The zero-order chi connectivity index (χ0) is 14.4. The third-order valence-electron chi connectivity index (χ3n) is 3.35. The van der Waals surface area contributed by atoms with Crippen LogP contribution in [0.15, 0.2) is 48.5 Å². The fourth-order valence-electron chi connectivity index (χ4n) is 2.19. The quantitative estimate of drug-likeness (QED) is 0.866. The average Bonchev–Trinajstić information content (AvgIpc) is 2.48. The molecule has 106 valence electrons. The van der Waals surface area contributed by atoms with Gasteiger partial charge >= 0.3 is 0 Å². The second-order valence-electron chi connectivity index (χ2n) is 4.79. The monoisotopic (exact) mass is 274 g/mol. The molecule has 2 nitrogen and oxygen atoms in total. The van der Waals surface area contributed by atoms with Gasteiger partial charge in [-0.05, 0) is 42.5 Å². The molecule has 0 aliphatic carbocycles. The van der Waals surface area contributed by atoms with Crippen molar-refractivity contribution in [3.8, 4) is 5.75 Å². The summed E-state index contributed by atoms with van der Waals surface area (Å²) in [4.78, 5) is 0. The highest BCUT2D eigenvalue weighted by Crippen LogP contribution is 2.25. The van der Waals surface area contributed by atoms with Crippen molar-refractivity contribution in [3.63, 3.8) is 0 Å². The lowest BCUT2D eigenvalue weighted by molar-refractivity contribution is 0.164. The molecule has 0 aromatic heterocycles. The second-order valence-corrected chi connectivity index (χ2v) is 4.79. The highest BCUT2D eigenvalue weighted by Gasteiger charge is 2.11. The van der Waals surface area contributed by atoms with Gasteiger partial charge in [-0.2, -0.15) is 0 Å². The first-order valence-electron chi connectivity index (χ1n) is 6.76. The molecule has 0 bridgehead atoms. The van der Waals surface area contributed by atoms with E-state index >= 15 is 0 Å². The van der Waals surface area contributed by atoms with Crippen molar-refractivity contribution in [2.45, 2.75) is 25.4 Å². The molecule has 20 heavy (non-hydrogen) atoms. The topological polar surface area (TPSA) is 29.5 Å². The van der Waals surface area contributed by atoms with Crippen molar-refractivity contribution < 1.29 is 14.2 Å². The van der Waals surface area contributed by atoms with Gasteiger partial charge in [0.2, 0.25) is 0 Å². The summed E-state index contributed by atoms with van der Waals surface area (Å²) in [5, 5.41) is 10.1. The van der Waals surface area contributed by atoms with Crippen LogP contribution in [0.1, 0.15) is 30.1 Å². The molecule has 1 unspecified atom stereocenters. The predicted molar refractivity (Wildman–Crippen MR) is 77.3 cm³/mol. The molecule has 0 saturated heterocycles. The van der Waals surface area contributed by atoms with Crippen molar-refractivity contribution in [1.29, 1.82) is 0 Å². The van der Waals surface area contributed by atoms with Gasteiger partial charge in [-0.1, -0.05) is 36.4 Å². The van der Waals surface area contributed by atoms with E-state index in [2.05, 4.69) is 12.1 Å². The molecule has 2 aromatic rings. The van der Waals surface area contributed by atoms with E-state index in [1.54, 1.807) is 12.1 Å². The van der Waals surface area contributed by atoms with Crippen LogP contribution in [0, 0.1) is 5.82 Å². The third kappa shape index (κ3) is 3.81. The van der Waals surface area contributed by atoms with Crippen molar-refractivity contribution >= 4 is 0 Å². The van der Waals surface area contributed by atoms with E-state index in [0.717, 1.165) is 12.8 Å². The maximum absolute atomic E-state index is 13.3. The Morgan fingerprint density at radius 3 is 2.60 bits per heavy atom. The first-order chi connectivity index (χ1) is 9.70. The van der Waals surface area contributed by atoms with Crippen LogP contribution >= 0.6 is 0 Å². The molecule has 0 saturated carbocycles. The minimum absolute atomic E-state index is 0.171. The summed E-state index contributed by atoms with van der Waals surface area (Å²) in [5.41, 5.74) is 1.95. The Hall–Kier alpha value is -1.87. The number of hydrogen-bond donors (Lipinski definition) is 1. The van der Waals surface area contributed by atoms with Gasteiger partial charge in [0.25, 0.3) is 0 Å². The first kappa shape index (κ1) is 14.5. The molecular formula is C17H19FO2. The summed E-state index contributed by atoms with van der Waals surface area (Å²) in [6, 6.07) is 14.7. The number of aliphatic hydroxyl groups excluding tert-OH is 1. The molecule has 0 amide bonds. The van der Waals surface area contributed by atoms with Crippen molar-refractivity contribution in [2.75, 3.05) is 7.11 Å². The number of halogens is 1. The molecule has 0 aliphatic heterocycles. The second kappa shape index (κ2) is 7.06. The lowest BCUT2D eigenvalue weighted by Gasteiger charge is -2.12. The van der Waals surface area contributed by atoms with E-state index in [-0.39, 0.29) is 5.75 Å². The van der Waals surface area contributed by atoms with Crippen LogP contribution in [0.25, 0.3) is 0 Å². The summed E-state index contributed by atoms with van der Waals surface area (Å²) in [6.45, 7) is 0. The molecule has 2 aromatic carbocycles. The SMILES string of the molecule is COc1cc(C(O)CCCc2ccccc2)ccc1F. The summed E-state index contributed by atoms with van der Waals surface area (Å²) in [6.07, 6.45) is 1.86. The van der Waals surface area contributed by atoms with Crippen LogP contribution in [-0.2, 0) is 6.42 Å². The van der Waals surface area contributed by atoms with E-state index in [1.807, 2.05) is 18.2 Å². The van der Waals surface area contributed by atoms with E-state index in [9.17, 15) is 9.50 Å². The van der Waals surface area contributed by atoms with Gasteiger partial charge in [0.1, 0.15) is 0 Å². The summed E-state index contributed by atoms with van der Waals surface area (Å²) in [5.74, 6) is -0.239. The zero-order valence-corrected chi connectivity index (χ0v) is 11.6. The predicted octanol–water partition coefficient (Wildman–Crippen LogP) is 3.89.